The Bertz CT molecular complexity index is 1340. The second kappa shape index (κ2) is 12.4. The number of aromatic nitrogens is 3. The molecule has 0 amide bonds. The fourth-order valence-corrected chi connectivity index (χ4v) is 4.98. The maximum absolute atomic E-state index is 12.8. The summed E-state index contributed by atoms with van der Waals surface area (Å²) in [7, 11) is 1.54. The van der Waals surface area contributed by atoms with Gasteiger partial charge in [-0.25, -0.2) is 4.98 Å². The highest BCUT2D eigenvalue weighted by molar-refractivity contribution is 5.81. The topological polar surface area (TPSA) is 128 Å². The highest BCUT2D eigenvalue weighted by atomic mass is 16.6. The molecule has 1 unspecified atom stereocenters. The van der Waals surface area contributed by atoms with Crippen LogP contribution in [0.25, 0.3) is 22.4 Å². The van der Waals surface area contributed by atoms with E-state index in [4.69, 9.17) is 19.2 Å². The molecule has 39 heavy (non-hydrogen) atoms. The van der Waals surface area contributed by atoms with Gasteiger partial charge >= 0.3 is 5.97 Å². The van der Waals surface area contributed by atoms with Crippen LogP contribution in [0.4, 0.5) is 0 Å². The summed E-state index contributed by atoms with van der Waals surface area (Å²) in [5.74, 6) is 0.731. The SMILES string of the molecule is COC[C@H](C)OC(=O)C(NCc1ccc2c(c1)nc(-c1c[nH]c(=O)c(C)c1)n2CC1CCOCC1)C(C)(C)O. The summed E-state index contributed by atoms with van der Waals surface area (Å²) in [5, 5.41) is 13.8. The van der Waals surface area contributed by atoms with Crippen molar-refractivity contribution in [2.45, 2.75) is 71.4 Å². The summed E-state index contributed by atoms with van der Waals surface area (Å²) in [4.78, 5) is 32.6. The van der Waals surface area contributed by atoms with Crippen LogP contribution >= 0.6 is 0 Å². The van der Waals surface area contributed by atoms with Gasteiger partial charge in [-0.05, 0) is 70.2 Å². The number of carbonyl (C=O) groups is 1. The van der Waals surface area contributed by atoms with Gasteiger partial charge in [0.15, 0.2) is 0 Å². The average molecular weight is 541 g/mol. The van der Waals surface area contributed by atoms with Gasteiger partial charge in [0.1, 0.15) is 18.0 Å². The minimum atomic E-state index is -1.34. The molecular weight excluding hydrogens is 500 g/mol. The predicted octanol–water partition coefficient (Wildman–Crippen LogP) is 2.93. The van der Waals surface area contributed by atoms with Crippen LogP contribution in [0.5, 0.6) is 0 Å². The maximum atomic E-state index is 12.8. The van der Waals surface area contributed by atoms with Gasteiger partial charge in [-0.3, -0.25) is 14.9 Å². The number of nitrogens with zero attached hydrogens (tertiary/aromatic N) is 2. The van der Waals surface area contributed by atoms with Gasteiger partial charge < -0.3 is 28.9 Å². The monoisotopic (exact) mass is 540 g/mol. The molecule has 3 N–H and O–H groups in total. The Morgan fingerprint density at radius 2 is 2.05 bits per heavy atom. The van der Waals surface area contributed by atoms with E-state index in [-0.39, 0.29) is 12.2 Å². The molecule has 2 atom stereocenters. The summed E-state index contributed by atoms with van der Waals surface area (Å²) in [6.45, 7) is 9.61. The summed E-state index contributed by atoms with van der Waals surface area (Å²) in [6.07, 6.45) is 3.26. The van der Waals surface area contributed by atoms with Crippen LogP contribution in [0.3, 0.4) is 0 Å². The van der Waals surface area contributed by atoms with Crippen molar-refractivity contribution in [2.75, 3.05) is 26.9 Å². The lowest BCUT2D eigenvalue weighted by atomic mass is 9.98. The van der Waals surface area contributed by atoms with Crippen molar-refractivity contribution < 1.29 is 24.1 Å². The lowest BCUT2D eigenvalue weighted by Crippen LogP contribution is -2.53. The number of aromatic amines is 1. The second-order valence-corrected chi connectivity index (χ2v) is 11.0. The Hall–Kier alpha value is -3.05. The molecule has 1 fully saturated rings. The van der Waals surface area contributed by atoms with Gasteiger partial charge in [-0.1, -0.05) is 6.07 Å². The van der Waals surface area contributed by atoms with E-state index in [1.165, 1.54) is 0 Å². The molecule has 1 aliphatic rings. The Kier molecular flexibility index (Phi) is 9.22. The number of aryl methyl sites for hydroxylation is 1. The van der Waals surface area contributed by atoms with Crippen molar-refractivity contribution in [1.29, 1.82) is 0 Å². The van der Waals surface area contributed by atoms with E-state index in [0.29, 0.717) is 18.0 Å². The van der Waals surface area contributed by atoms with Crippen LogP contribution < -0.4 is 10.9 Å². The van der Waals surface area contributed by atoms with Crippen LogP contribution in [0.1, 0.15) is 44.7 Å². The van der Waals surface area contributed by atoms with Crippen molar-refractivity contribution in [2.24, 2.45) is 5.92 Å². The molecule has 4 rings (SSSR count). The molecule has 2 aromatic heterocycles. The number of ether oxygens (including phenoxy) is 3. The van der Waals surface area contributed by atoms with Gasteiger partial charge in [0, 0.05) is 50.7 Å². The van der Waals surface area contributed by atoms with Crippen LogP contribution in [-0.4, -0.2) is 70.3 Å². The van der Waals surface area contributed by atoms with Crippen LogP contribution in [0.15, 0.2) is 35.3 Å². The molecule has 0 bridgehead atoms. The number of pyridine rings is 1. The minimum Gasteiger partial charge on any atom is -0.459 e. The first-order valence-electron chi connectivity index (χ1n) is 13.5. The van der Waals surface area contributed by atoms with E-state index in [2.05, 4.69) is 14.9 Å². The molecular formula is C29H40N4O6. The molecule has 1 saturated heterocycles. The van der Waals surface area contributed by atoms with Gasteiger partial charge in [0.05, 0.1) is 23.2 Å². The first kappa shape index (κ1) is 28.9. The minimum absolute atomic E-state index is 0.115. The van der Waals surface area contributed by atoms with Crippen molar-refractivity contribution in [3.05, 3.63) is 51.9 Å². The molecule has 212 valence electrons. The van der Waals surface area contributed by atoms with Crippen LogP contribution in [0, 0.1) is 12.8 Å². The van der Waals surface area contributed by atoms with E-state index >= 15 is 0 Å². The quantitative estimate of drug-likeness (QED) is 0.317. The lowest BCUT2D eigenvalue weighted by molar-refractivity contribution is -0.159. The van der Waals surface area contributed by atoms with Crippen molar-refractivity contribution in [3.63, 3.8) is 0 Å². The standard InChI is InChI=1S/C29H40N4O6/c1-18-12-22(15-31-27(18)34)26-32-23-13-21(6-7-24(23)33(26)16-20-8-10-38-11-9-20)14-30-25(29(3,4)36)28(35)39-19(2)17-37-5/h6-7,12-13,15,19-20,25,30,36H,8-11,14,16-17H2,1-5H3,(H,31,34)/t19-,25?/m0/s1. The molecule has 1 aromatic carbocycles. The fourth-order valence-electron chi connectivity index (χ4n) is 4.98. The number of carbonyl (C=O) groups excluding carboxylic acids is 1. The summed E-state index contributed by atoms with van der Waals surface area (Å²) < 4.78 is 18.3. The number of fused-ring (bicyclic) bond motifs is 1. The smallest absolute Gasteiger partial charge is 0.326 e. The number of hydrogen-bond acceptors (Lipinski definition) is 8. The van der Waals surface area contributed by atoms with Crippen molar-refractivity contribution in [3.8, 4) is 11.4 Å². The average Bonchev–Trinajstić information content (AvgIpc) is 3.23. The van der Waals surface area contributed by atoms with E-state index < -0.39 is 23.7 Å². The first-order valence-corrected chi connectivity index (χ1v) is 13.5. The van der Waals surface area contributed by atoms with Gasteiger partial charge in [0.25, 0.3) is 5.56 Å². The number of aliphatic hydroxyl groups is 1. The molecule has 10 nitrogen and oxygen atoms in total. The first-order chi connectivity index (χ1) is 18.6. The Morgan fingerprint density at radius 3 is 2.72 bits per heavy atom. The van der Waals surface area contributed by atoms with Crippen molar-refractivity contribution >= 4 is 17.0 Å². The Balaban J connectivity index is 1.62. The number of benzene rings is 1. The molecule has 3 aromatic rings. The number of hydrogen-bond donors (Lipinski definition) is 3. The molecule has 0 radical (unpaired) electrons. The zero-order valence-electron chi connectivity index (χ0n) is 23.5. The summed E-state index contributed by atoms with van der Waals surface area (Å²) >= 11 is 0. The molecule has 1 aliphatic heterocycles. The zero-order valence-corrected chi connectivity index (χ0v) is 23.5. The number of nitrogens with one attached hydrogen (secondary N) is 2. The molecule has 0 saturated carbocycles. The molecule has 0 aliphatic carbocycles. The fraction of sp³-hybridized carbons (Fsp3) is 0.552. The largest absolute Gasteiger partial charge is 0.459 e. The van der Waals surface area contributed by atoms with E-state index in [0.717, 1.165) is 60.6 Å². The normalized spacial score (nSPS) is 16.4. The predicted molar refractivity (Wildman–Crippen MR) is 148 cm³/mol. The highest BCUT2D eigenvalue weighted by Gasteiger charge is 2.35. The molecule has 3 heterocycles. The zero-order chi connectivity index (χ0) is 28.2. The second-order valence-electron chi connectivity index (χ2n) is 11.0. The van der Waals surface area contributed by atoms with E-state index in [9.17, 15) is 14.7 Å². The lowest BCUT2D eigenvalue weighted by Gasteiger charge is -2.29. The van der Waals surface area contributed by atoms with Gasteiger partial charge in [-0.2, -0.15) is 0 Å². The van der Waals surface area contributed by atoms with Gasteiger partial charge in [-0.15, -0.1) is 0 Å². The number of H-pyrrole nitrogens is 1. The van der Waals surface area contributed by atoms with Crippen LogP contribution in [0.2, 0.25) is 0 Å². The number of methoxy groups -OCH3 is 1. The third-order valence-corrected chi connectivity index (χ3v) is 7.11. The van der Waals surface area contributed by atoms with Gasteiger partial charge in [0.2, 0.25) is 0 Å². The third kappa shape index (κ3) is 7.13. The van der Waals surface area contributed by atoms with Crippen LogP contribution in [-0.2, 0) is 32.1 Å². The third-order valence-electron chi connectivity index (χ3n) is 7.11. The molecule has 0 spiro atoms. The Labute approximate surface area is 228 Å². The summed E-state index contributed by atoms with van der Waals surface area (Å²) in [6, 6.07) is 6.97. The number of imidazole rings is 1. The number of rotatable bonds is 11. The summed E-state index contributed by atoms with van der Waals surface area (Å²) in [5.41, 5.74) is 2.75. The number of esters is 1. The highest BCUT2D eigenvalue weighted by Crippen LogP contribution is 2.29. The Morgan fingerprint density at radius 1 is 1.31 bits per heavy atom. The van der Waals surface area contributed by atoms with E-state index in [1.54, 1.807) is 41.0 Å². The molecule has 10 heteroatoms. The van der Waals surface area contributed by atoms with Crippen molar-refractivity contribution in [1.82, 2.24) is 19.9 Å². The maximum Gasteiger partial charge on any atom is 0.326 e. The van der Waals surface area contributed by atoms with E-state index in [1.807, 2.05) is 24.3 Å².